The molecule has 1 N–H and O–H groups in total. The molecule has 2 saturated carbocycles. The number of aromatic nitrogens is 3. The van der Waals surface area contributed by atoms with Gasteiger partial charge in [0.2, 0.25) is 10.0 Å². The van der Waals surface area contributed by atoms with E-state index in [2.05, 4.69) is 15.0 Å². The third-order valence-corrected chi connectivity index (χ3v) is 6.84. The van der Waals surface area contributed by atoms with Crippen molar-refractivity contribution in [3.63, 3.8) is 0 Å². The largest absolute Gasteiger partial charge is 0.356 e. The molecule has 10 heteroatoms. The van der Waals surface area contributed by atoms with Gasteiger partial charge in [-0.3, -0.25) is 0 Å². The average molecular weight is 385 g/mol. The molecule has 2 aliphatic carbocycles. The van der Waals surface area contributed by atoms with Gasteiger partial charge < -0.3 is 9.88 Å². The number of nitrogens with one attached hydrogen (secondary N) is 1. The first-order valence-corrected chi connectivity index (χ1v) is 10.4. The number of aromatic amines is 1. The Balaban J connectivity index is 1.47. The summed E-state index contributed by atoms with van der Waals surface area (Å²) >= 11 is 0. The Morgan fingerprint density at radius 2 is 1.88 bits per heavy atom. The van der Waals surface area contributed by atoms with Gasteiger partial charge in [-0.2, -0.15) is 4.31 Å². The van der Waals surface area contributed by atoms with Gasteiger partial charge in [0.1, 0.15) is 17.8 Å². The van der Waals surface area contributed by atoms with Crippen LogP contribution in [0.5, 0.6) is 0 Å². The average Bonchev–Trinajstić information content (AvgIpc) is 2.94. The number of hydrogen-bond acceptors (Lipinski definition) is 5. The van der Waals surface area contributed by atoms with E-state index >= 15 is 0 Å². The van der Waals surface area contributed by atoms with Gasteiger partial charge in [-0.25, -0.2) is 27.2 Å². The van der Waals surface area contributed by atoms with Gasteiger partial charge in [-0.15, -0.1) is 0 Å². The summed E-state index contributed by atoms with van der Waals surface area (Å²) in [5.74, 6) is -1.96. The molecule has 2 heterocycles. The molecule has 0 spiro atoms. The number of halogens is 2. The maximum Gasteiger partial charge on any atom is 0.251 e. The predicted molar refractivity (Wildman–Crippen MR) is 93.8 cm³/mol. The van der Waals surface area contributed by atoms with E-state index in [9.17, 15) is 17.2 Å². The molecule has 2 aromatic heterocycles. The fourth-order valence-electron chi connectivity index (χ4n) is 4.05. The molecule has 7 nitrogen and oxygen atoms in total. The van der Waals surface area contributed by atoms with Crippen molar-refractivity contribution in [3.8, 4) is 0 Å². The van der Waals surface area contributed by atoms with E-state index < -0.39 is 22.0 Å². The van der Waals surface area contributed by atoms with Gasteiger partial charge in [0.25, 0.3) is 5.92 Å². The summed E-state index contributed by atoms with van der Waals surface area (Å²) in [4.78, 5) is 13.6. The van der Waals surface area contributed by atoms with Crippen molar-refractivity contribution in [2.45, 2.75) is 49.7 Å². The van der Waals surface area contributed by atoms with E-state index in [1.54, 1.807) is 6.20 Å². The summed E-state index contributed by atoms with van der Waals surface area (Å²) in [6.07, 6.45) is 4.82. The molecule has 0 aliphatic heterocycles. The Morgan fingerprint density at radius 3 is 2.50 bits per heavy atom. The van der Waals surface area contributed by atoms with Crippen LogP contribution in [-0.4, -0.2) is 65.0 Å². The van der Waals surface area contributed by atoms with Crippen molar-refractivity contribution in [2.75, 3.05) is 18.2 Å². The summed E-state index contributed by atoms with van der Waals surface area (Å²) in [7, 11) is -1.61. The number of sulfonamides is 1. The maximum absolute atomic E-state index is 13.2. The smallest absolute Gasteiger partial charge is 0.251 e. The van der Waals surface area contributed by atoms with Crippen molar-refractivity contribution in [1.82, 2.24) is 19.3 Å². The Hall–Kier alpha value is -1.81. The van der Waals surface area contributed by atoms with Crippen molar-refractivity contribution >= 4 is 26.9 Å². The zero-order chi connectivity index (χ0) is 18.7. The second-order valence-electron chi connectivity index (χ2n) is 7.34. The minimum absolute atomic E-state index is 0.109. The summed E-state index contributed by atoms with van der Waals surface area (Å²) < 4.78 is 52.0. The van der Waals surface area contributed by atoms with E-state index in [1.807, 2.05) is 18.0 Å². The summed E-state index contributed by atoms with van der Waals surface area (Å²) in [6, 6.07) is 1.18. The molecule has 2 aliphatic rings. The monoisotopic (exact) mass is 385 g/mol. The normalized spacial score (nSPS) is 25.9. The number of fused-ring (bicyclic) bond motifs is 1. The molecular formula is C16H21F2N5O2S. The fraction of sp³-hybridized carbons (Fsp3) is 0.625. The summed E-state index contributed by atoms with van der Waals surface area (Å²) in [5, 5.41) is 0.900. The third-order valence-electron chi connectivity index (χ3n) is 5.47. The SMILES string of the molecule is CN(c1ncnc2[nH]ccc12)[C@H]1C[C@@H](N(C2CC(F)(F)C2)S(C)(=O)=O)C1. The molecule has 0 aromatic carbocycles. The van der Waals surface area contributed by atoms with E-state index in [1.165, 1.54) is 10.6 Å². The van der Waals surface area contributed by atoms with E-state index in [0.29, 0.717) is 12.8 Å². The zero-order valence-electron chi connectivity index (χ0n) is 14.6. The standard InChI is InChI=1S/C16H21F2N5O2S/c1-22(15-13-3-4-19-14(13)20-9-21-15)10-5-11(6-10)23(26(2,24)25)12-7-16(17,18)8-12/h3-4,9-12H,5-8H2,1-2H3,(H,19,20,21)/t10-,11+. The van der Waals surface area contributed by atoms with Crippen molar-refractivity contribution in [1.29, 1.82) is 0 Å². The zero-order valence-corrected chi connectivity index (χ0v) is 15.4. The molecule has 2 fully saturated rings. The van der Waals surface area contributed by atoms with Crippen LogP contribution in [0.4, 0.5) is 14.6 Å². The second-order valence-corrected chi connectivity index (χ2v) is 9.23. The fourth-order valence-corrected chi connectivity index (χ4v) is 5.45. The number of alkyl halides is 2. The highest BCUT2D eigenvalue weighted by molar-refractivity contribution is 7.88. The molecule has 2 aromatic rings. The molecule has 0 unspecified atom stereocenters. The lowest BCUT2D eigenvalue weighted by Crippen LogP contribution is -2.62. The van der Waals surface area contributed by atoms with Crippen molar-refractivity contribution in [3.05, 3.63) is 18.6 Å². The van der Waals surface area contributed by atoms with Gasteiger partial charge in [0, 0.05) is 44.2 Å². The van der Waals surface area contributed by atoms with Crippen LogP contribution >= 0.6 is 0 Å². The van der Waals surface area contributed by atoms with Crippen LogP contribution < -0.4 is 4.90 Å². The Morgan fingerprint density at radius 1 is 1.19 bits per heavy atom. The first-order valence-electron chi connectivity index (χ1n) is 8.53. The molecule has 0 amide bonds. The highest BCUT2D eigenvalue weighted by atomic mass is 32.2. The lowest BCUT2D eigenvalue weighted by atomic mass is 9.81. The Bertz CT molecular complexity index is 918. The highest BCUT2D eigenvalue weighted by Crippen LogP contribution is 2.45. The van der Waals surface area contributed by atoms with Crippen LogP contribution in [0.3, 0.4) is 0 Å². The molecular weight excluding hydrogens is 364 g/mol. The number of anilines is 1. The topological polar surface area (TPSA) is 82.2 Å². The molecule has 0 bridgehead atoms. The van der Waals surface area contributed by atoms with Gasteiger partial charge >= 0.3 is 0 Å². The van der Waals surface area contributed by atoms with Gasteiger partial charge in [0.15, 0.2) is 0 Å². The van der Waals surface area contributed by atoms with Gasteiger partial charge in [-0.1, -0.05) is 0 Å². The quantitative estimate of drug-likeness (QED) is 0.851. The molecule has 142 valence electrons. The van der Waals surface area contributed by atoms with E-state index in [4.69, 9.17) is 0 Å². The van der Waals surface area contributed by atoms with Crippen LogP contribution in [0.2, 0.25) is 0 Å². The molecule has 26 heavy (non-hydrogen) atoms. The van der Waals surface area contributed by atoms with E-state index in [-0.39, 0.29) is 24.9 Å². The van der Waals surface area contributed by atoms with E-state index in [0.717, 1.165) is 23.1 Å². The Labute approximate surface area is 150 Å². The van der Waals surface area contributed by atoms with Gasteiger partial charge in [-0.05, 0) is 18.9 Å². The van der Waals surface area contributed by atoms with Crippen molar-refractivity contribution < 1.29 is 17.2 Å². The summed E-state index contributed by atoms with van der Waals surface area (Å²) in [6.45, 7) is 0. The predicted octanol–water partition coefficient (Wildman–Crippen LogP) is 1.98. The second kappa shape index (κ2) is 5.85. The first kappa shape index (κ1) is 17.6. The third kappa shape index (κ3) is 2.94. The Kier molecular flexibility index (Phi) is 3.96. The maximum atomic E-state index is 13.2. The number of hydrogen-bond donors (Lipinski definition) is 1. The highest BCUT2D eigenvalue weighted by Gasteiger charge is 2.53. The van der Waals surface area contributed by atoms with Crippen molar-refractivity contribution in [2.24, 2.45) is 0 Å². The number of rotatable bonds is 5. The lowest BCUT2D eigenvalue weighted by molar-refractivity contribution is -0.118. The summed E-state index contributed by atoms with van der Waals surface area (Å²) in [5.41, 5.74) is 0.743. The van der Waals surface area contributed by atoms with Crippen LogP contribution in [0, 0.1) is 0 Å². The van der Waals surface area contributed by atoms with Crippen LogP contribution in [0.15, 0.2) is 18.6 Å². The van der Waals surface area contributed by atoms with Gasteiger partial charge in [0.05, 0.1) is 11.6 Å². The molecule has 0 atom stereocenters. The molecule has 4 rings (SSSR count). The van der Waals surface area contributed by atoms with Crippen LogP contribution in [0.25, 0.3) is 11.0 Å². The van der Waals surface area contributed by atoms with Crippen LogP contribution in [-0.2, 0) is 10.0 Å². The first-order chi connectivity index (χ1) is 12.2. The number of nitrogens with zero attached hydrogens (tertiary/aromatic N) is 4. The molecule has 0 radical (unpaired) electrons. The van der Waals surface area contributed by atoms with Crippen LogP contribution in [0.1, 0.15) is 25.7 Å². The number of H-pyrrole nitrogens is 1. The molecule has 0 saturated heterocycles. The minimum Gasteiger partial charge on any atom is -0.356 e. The lowest BCUT2D eigenvalue weighted by Gasteiger charge is -2.51. The minimum atomic E-state index is -3.52.